The lowest BCUT2D eigenvalue weighted by Crippen LogP contribution is -2.31. The zero-order chi connectivity index (χ0) is 15.2. The molecule has 1 rings (SSSR count). The van der Waals surface area contributed by atoms with Gasteiger partial charge in [0.1, 0.15) is 4.88 Å². The first-order chi connectivity index (χ1) is 9.46. The van der Waals surface area contributed by atoms with E-state index in [1.54, 1.807) is 0 Å². The molecule has 0 aromatic carbocycles. The summed E-state index contributed by atoms with van der Waals surface area (Å²) in [6.45, 7) is 3.47. The maximum absolute atomic E-state index is 12.1. The van der Waals surface area contributed by atoms with Crippen molar-refractivity contribution in [2.24, 2.45) is 0 Å². The van der Waals surface area contributed by atoms with Crippen LogP contribution in [0.3, 0.4) is 0 Å². The summed E-state index contributed by atoms with van der Waals surface area (Å²) in [7, 11) is -1.13. The van der Waals surface area contributed by atoms with E-state index in [9.17, 15) is 13.2 Å². The second-order valence-corrected chi connectivity index (χ2v) is 6.72. The summed E-state index contributed by atoms with van der Waals surface area (Å²) in [5, 5.41) is 3.00. The molecule has 21 heavy (non-hydrogen) atoms. The summed E-state index contributed by atoms with van der Waals surface area (Å²) in [5.74, 6) is -0.464. The maximum Gasteiger partial charge on any atom is 0.348 e. The van der Waals surface area contributed by atoms with Gasteiger partial charge in [0.05, 0.1) is 14.2 Å². The number of nitrogens with one attached hydrogen (secondary N) is 2. The number of halogens is 1. The fraction of sp³-hybridized carbons (Fsp3) is 0.545. The molecule has 0 radical (unpaired) electrons. The number of methoxy groups -OCH3 is 2. The second-order valence-electron chi connectivity index (χ2n) is 3.71. The monoisotopic (exact) mass is 358 g/mol. The quantitative estimate of drug-likeness (QED) is 0.528. The Labute approximate surface area is 134 Å². The minimum Gasteiger partial charge on any atom is -0.494 e. The van der Waals surface area contributed by atoms with Gasteiger partial charge in [-0.25, -0.2) is 17.9 Å². The van der Waals surface area contributed by atoms with E-state index in [0.29, 0.717) is 6.54 Å². The molecule has 0 saturated carbocycles. The fourth-order valence-corrected chi connectivity index (χ4v) is 3.97. The lowest BCUT2D eigenvalue weighted by molar-refractivity contribution is 0.0606. The van der Waals surface area contributed by atoms with Crippen LogP contribution in [-0.4, -0.2) is 48.2 Å². The summed E-state index contributed by atoms with van der Waals surface area (Å²) >= 11 is 0.817. The Balaban J connectivity index is 0.00000400. The van der Waals surface area contributed by atoms with E-state index in [1.807, 2.05) is 6.92 Å². The highest BCUT2D eigenvalue weighted by Crippen LogP contribution is 2.33. The zero-order valence-electron chi connectivity index (χ0n) is 12.0. The number of rotatable bonds is 8. The Bertz CT molecular complexity index is 559. The van der Waals surface area contributed by atoms with Gasteiger partial charge in [0.2, 0.25) is 0 Å². The predicted octanol–water partition coefficient (Wildman–Crippen LogP) is 0.853. The van der Waals surface area contributed by atoms with Crippen LogP contribution in [0.2, 0.25) is 0 Å². The highest BCUT2D eigenvalue weighted by Gasteiger charge is 2.25. The van der Waals surface area contributed by atoms with Gasteiger partial charge in [-0.2, -0.15) is 0 Å². The number of sulfonamides is 1. The summed E-state index contributed by atoms with van der Waals surface area (Å²) in [5.41, 5.74) is 0. The van der Waals surface area contributed by atoms with E-state index in [1.165, 1.54) is 20.3 Å². The average molecular weight is 359 g/mol. The predicted molar refractivity (Wildman–Crippen MR) is 83.2 cm³/mol. The molecule has 122 valence electrons. The van der Waals surface area contributed by atoms with Crippen molar-refractivity contribution in [3.8, 4) is 5.75 Å². The van der Waals surface area contributed by atoms with E-state index < -0.39 is 16.0 Å². The topological polar surface area (TPSA) is 93.7 Å². The Morgan fingerprint density at radius 1 is 1.33 bits per heavy atom. The number of carbonyl (C=O) groups is 1. The number of ether oxygens (including phenoxy) is 2. The van der Waals surface area contributed by atoms with Gasteiger partial charge in [0.15, 0.2) is 9.96 Å². The molecule has 0 spiro atoms. The van der Waals surface area contributed by atoms with Crippen molar-refractivity contribution in [1.82, 2.24) is 10.0 Å². The van der Waals surface area contributed by atoms with Crippen molar-refractivity contribution < 1.29 is 22.7 Å². The molecule has 0 aliphatic carbocycles. The smallest absolute Gasteiger partial charge is 0.348 e. The van der Waals surface area contributed by atoms with Crippen molar-refractivity contribution in [2.45, 2.75) is 11.1 Å². The SMILES string of the molecule is CCNCCNS(=O)(=O)c1sc(C(=O)OC)cc1OC.Cl. The minimum atomic E-state index is -3.71. The van der Waals surface area contributed by atoms with Gasteiger partial charge in [0, 0.05) is 19.2 Å². The molecule has 10 heteroatoms. The molecule has 0 aliphatic heterocycles. The number of likely N-dealkylation sites (N-methyl/N-ethyl adjacent to an activating group) is 1. The molecule has 0 unspecified atom stereocenters. The van der Waals surface area contributed by atoms with E-state index in [0.717, 1.165) is 17.9 Å². The van der Waals surface area contributed by atoms with Gasteiger partial charge in [-0.3, -0.25) is 0 Å². The average Bonchev–Trinajstić information content (AvgIpc) is 2.88. The molecule has 0 amide bonds. The first-order valence-corrected chi connectivity index (χ1v) is 8.22. The van der Waals surface area contributed by atoms with E-state index in [-0.39, 0.29) is 33.8 Å². The Hall–Kier alpha value is -0.870. The number of hydrogen-bond acceptors (Lipinski definition) is 7. The van der Waals surface area contributed by atoms with Gasteiger partial charge >= 0.3 is 5.97 Å². The summed E-state index contributed by atoms with van der Waals surface area (Å²) in [6, 6.07) is 1.36. The second kappa shape index (κ2) is 9.21. The van der Waals surface area contributed by atoms with Gasteiger partial charge < -0.3 is 14.8 Å². The Morgan fingerprint density at radius 2 is 2.00 bits per heavy atom. The fourth-order valence-electron chi connectivity index (χ4n) is 1.40. The summed E-state index contributed by atoms with van der Waals surface area (Å²) < 4.78 is 36.3. The maximum atomic E-state index is 12.1. The molecule has 0 bridgehead atoms. The number of esters is 1. The molecule has 0 aliphatic rings. The number of thiophene rings is 1. The summed E-state index contributed by atoms with van der Waals surface area (Å²) in [6.07, 6.45) is 0. The molecular weight excluding hydrogens is 340 g/mol. The molecule has 0 fully saturated rings. The summed E-state index contributed by atoms with van der Waals surface area (Å²) in [4.78, 5) is 11.6. The van der Waals surface area contributed by atoms with Crippen LogP contribution in [-0.2, 0) is 14.8 Å². The standard InChI is InChI=1S/C11H18N2O5S2.ClH/c1-4-12-5-6-13-20(15,16)11-8(17-2)7-9(19-11)10(14)18-3;/h7,12-13H,4-6H2,1-3H3;1H. The highest BCUT2D eigenvalue weighted by atomic mass is 35.5. The first-order valence-electron chi connectivity index (χ1n) is 5.92. The van der Waals surface area contributed by atoms with Crippen molar-refractivity contribution >= 4 is 39.7 Å². The number of hydrogen-bond donors (Lipinski definition) is 2. The third-order valence-electron chi connectivity index (χ3n) is 2.36. The normalized spacial score (nSPS) is 10.8. The van der Waals surface area contributed by atoms with Crippen LogP contribution in [0.25, 0.3) is 0 Å². The number of carbonyl (C=O) groups excluding carboxylic acids is 1. The van der Waals surface area contributed by atoms with Crippen LogP contribution in [0.15, 0.2) is 10.3 Å². The minimum absolute atomic E-state index is 0. The van der Waals surface area contributed by atoms with Crippen LogP contribution >= 0.6 is 23.7 Å². The molecule has 1 heterocycles. The third-order valence-corrected chi connectivity index (χ3v) is 5.43. The van der Waals surface area contributed by atoms with E-state index in [2.05, 4.69) is 14.8 Å². The van der Waals surface area contributed by atoms with Gasteiger partial charge in [-0.15, -0.1) is 23.7 Å². The molecule has 0 atom stereocenters. The van der Waals surface area contributed by atoms with Gasteiger partial charge in [0.25, 0.3) is 10.0 Å². The van der Waals surface area contributed by atoms with Crippen molar-refractivity contribution in [3.63, 3.8) is 0 Å². The molecular formula is C11H19ClN2O5S2. The highest BCUT2D eigenvalue weighted by molar-refractivity contribution is 7.91. The van der Waals surface area contributed by atoms with E-state index in [4.69, 9.17) is 4.74 Å². The lowest BCUT2D eigenvalue weighted by atomic mass is 10.4. The van der Waals surface area contributed by atoms with Crippen molar-refractivity contribution in [2.75, 3.05) is 33.9 Å². The molecule has 2 N–H and O–H groups in total. The van der Waals surface area contributed by atoms with Crippen LogP contribution < -0.4 is 14.8 Å². The molecule has 1 aromatic heterocycles. The van der Waals surface area contributed by atoms with Gasteiger partial charge in [-0.05, 0) is 6.54 Å². The van der Waals surface area contributed by atoms with Crippen LogP contribution in [0, 0.1) is 0 Å². The molecule has 0 saturated heterocycles. The Morgan fingerprint density at radius 3 is 2.52 bits per heavy atom. The Kier molecular flexibility index (Phi) is 8.83. The molecule has 1 aromatic rings. The van der Waals surface area contributed by atoms with Gasteiger partial charge in [-0.1, -0.05) is 6.92 Å². The van der Waals surface area contributed by atoms with Crippen LogP contribution in [0.5, 0.6) is 5.75 Å². The lowest BCUT2D eigenvalue weighted by Gasteiger charge is -2.06. The largest absolute Gasteiger partial charge is 0.494 e. The molecule has 7 nitrogen and oxygen atoms in total. The first kappa shape index (κ1) is 20.1. The van der Waals surface area contributed by atoms with Crippen molar-refractivity contribution in [3.05, 3.63) is 10.9 Å². The third kappa shape index (κ3) is 5.44. The van der Waals surface area contributed by atoms with E-state index >= 15 is 0 Å². The van der Waals surface area contributed by atoms with Crippen LogP contribution in [0.1, 0.15) is 16.6 Å². The van der Waals surface area contributed by atoms with Crippen LogP contribution in [0.4, 0.5) is 0 Å². The zero-order valence-corrected chi connectivity index (χ0v) is 14.4. The van der Waals surface area contributed by atoms with Crippen molar-refractivity contribution in [1.29, 1.82) is 0 Å².